The standard InChI is InChI=1S/C25H47N5O7S/c1-3-5-6-7-8-9-10-11-12-22(34)26-18(17-38-13-4-2)25(37)27-21-15-30(29-28-21)14-19(32)23(35)24(36)20(33)16-31/h15,18-20,23-24,31-33,35-36H,3-14,16-17H2,1-2H3,(H,26,34)(H,27,37)/t18-,19+,20-,23+,24-/m1/s1. The van der Waals surface area contributed by atoms with E-state index in [1.165, 1.54) is 38.3 Å². The molecule has 0 saturated heterocycles. The molecular formula is C25H47N5O7S. The molecule has 0 aromatic carbocycles. The average molecular weight is 562 g/mol. The van der Waals surface area contributed by atoms with Crippen molar-refractivity contribution in [1.29, 1.82) is 0 Å². The number of nitrogens with zero attached hydrogens (tertiary/aromatic N) is 3. The predicted molar refractivity (Wildman–Crippen MR) is 147 cm³/mol. The molecule has 2 amide bonds. The molecule has 1 aromatic rings. The van der Waals surface area contributed by atoms with Gasteiger partial charge in [0.15, 0.2) is 5.82 Å². The molecule has 0 aliphatic carbocycles. The van der Waals surface area contributed by atoms with Gasteiger partial charge in [0.05, 0.1) is 19.3 Å². The first-order valence-electron chi connectivity index (χ1n) is 13.6. The molecule has 38 heavy (non-hydrogen) atoms. The monoisotopic (exact) mass is 561 g/mol. The smallest absolute Gasteiger partial charge is 0.249 e. The number of unbranched alkanes of at least 4 members (excludes halogenated alkanes) is 7. The largest absolute Gasteiger partial charge is 0.394 e. The molecule has 1 rings (SSSR count). The maximum Gasteiger partial charge on any atom is 0.249 e. The molecule has 0 aliphatic heterocycles. The number of rotatable bonds is 22. The molecule has 0 saturated carbocycles. The van der Waals surface area contributed by atoms with E-state index in [1.807, 2.05) is 6.92 Å². The number of nitrogens with one attached hydrogen (secondary N) is 2. The van der Waals surface area contributed by atoms with Crippen LogP contribution in [0.15, 0.2) is 6.20 Å². The number of aromatic nitrogens is 3. The second-order valence-electron chi connectivity index (χ2n) is 9.53. The van der Waals surface area contributed by atoms with E-state index in [-0.39, 0.29) is 18.3 Å². The fourth-order valence-corrected chi connectivity index (χ4v) is 4.66. The van der Waals surface area contributed by atoms with Crippen LogP contribution in [0.1, 0.15) is 78.1 Å². The minimum Gasteiger partial charge on any atom is -0.394 e. The Morgan fingerprint density at radius 1 is 0.947 bits per heavy atom. The van der Waals surface area contributed by atoms with Gasteiger partial charge in [0.25, 0.3) is 0 Å². The first-order valence-corrected chi connectivity index (χ1v) is 14.8. The summed E-state index contributed by atoms with van der Waals surface area (Å²) in [5, 5.41) is 61.2. The van der Waals surface area contributed by atoms with E-state index in [0.29, 0.717) is 12.2 Å². The highest BCUT2D eigenvalue weighted by molar-refractivity contribution is 7.99. The van der Waals surface area contributed by atoms with Gasteiger partial charge in [0, 0.05) is 12.2 Å². The highest BCUT2D eigenvalue weighted by Crippen LogP contribution is 2.12. The lowest BCUT2D eigenvalue weighted by atomic mass is 10.0. The van der Waals surface area contributed by atoms with Gasteiger partial charge in [-0.2, -0.15) is 11.8 Å². The second kappa shape index (κ2) is 20.2. The summed E-state index contributed by atoms with van der Waals surface area (Å²) in [7, 11) is 0. The van der Waals surface area contributed by atoms with Gasteiger partial charge in [-0.25, -0.2) is 4.68 Å². The van der Waals surface area contributed by atoms with Gasteiger partial charge in [-0.3, -0.25) is 9.59 Å². The number of carbonyl (C=O) groups excluding carboxylic acids is 2. The third kappa shape index (κ3) is 13.9. The third-order valence-electron chi connectivity index (χ3n) is 6.03. The minimum atomic E-state index is -1.76. The Balaban J connectivity index is 2.57. The third-order valence-corrected chi connectivity index (χ3v) is 7.30. The lowest BCUT2D eigenvalue weighted by molar-refractivity contribution is -0.126. The van der Waals surface area contributed by atoms with Crippen molar-refractivity contribution in [2.75, 3.05) is 23.4 Å². The molecule has 0 spiro atoms. The molecule has 12 nitrogen and oxygen atoms in total. The van der Waals surface area contributed by atoms with E-state index in [4.69, 9.17) is 5.11 Å². The van der Waals surface area contributed by atoms with Crippen LogP contribution in [-0.4, -0.2) is 101 Å². The first kappa shape index (κ1) is 34.3. The highest BCUT2D eigenvalue weighted by Gasteiger charge is 2.30. The fourth-order valence-electron chi connectivity index (χ4n) is 3.74. The number of amides is 2. The van der Waals surface area contributed by atoms with Crippen LogP contribution < -0.4 is 10.6 Å². The van der Waals surface area contributed by atoms with E-state index in [1.54, 1.807) is 11.8 Å². The van der Waals surface area contributed by atoms with Gasteiger partial charge in [-0.05, 0) is 18.6 Å². The molecule has 0 fully saturated rings. The van der Waals surface area contributed by atoms with Crippen molar-refractivity contribution in [3.63, 3.8) is 0 Å². The number of hydrogen-bond donors (Lipinski definition) is 7. The van der Waals surface area contributed by atoms with Crippen molar-refractivity contribution in [3.8, 4) is 0 Å². The van der Waals surface area contributed by atoms with Crippen LogP contribution in [0.2, 0.25) is 0 Å². The molecule has 0 unspecified atom stereocenters. The molecule has 0 bridgehead atoms. The topological polar surface area (TPSA) is 190 Å². The van der Waals surface area contributed by atoms with E-state index in [2.05, 4.69) is 27.9 Å². The second-order valence-corrected chi connectivity index (χ2v) is 10.7. The SMILES string of the molecule is CCCCCCCCCCC(=O)N[C@H](CSCCC)C(=O)Nc1cn(C[C@H](O)[C@H](O)[C@H](O)[C@H](O)CO)nn1. The zero-order valence-electron chi connectivity index (χ0n) is 22.7. The lowest BCUT2D eigenvalue weighted by Gasteiger charge is -2.25. The Kier molecular flexibility index (Phi) is 18.2. The zero-order valence-corrected chi connectivity index (χ0v) is 23.5. The van der Waals surface area contributed by atoms with E-state index >= 15 is 0 Å². The van der Waals surface area contributed by atoms with Crippen molar-refractivity contribution >= 4 is 29.4 Å². The number of hydrogen-bond acceptors (Lipinski definition) is 10. The van der Waals surface area contributed by atoms with Crippen LogP contribution in [-0.2, 0) is 16.1 Å². The van der Waals surface area contributed by atoms with E-state index in [9.17, 15) is 30.0 Å². The van der Waals surface area contributed by atoms with E-state index < -0.39 is 43.0 Å². The van der Waals surface area contributed by atoms with Crippen LogP contribution in [0, 0.1) is 0 Å². The van der Waals surface area contributed by atoms with Crippen molar-refractivity contribution in [2.45, 2.75) is 115 Å². The molecule has 5 atom stereocenters. The van der Waals surface area contributed by atoms with Crippen LogP contribution in [0.25, 0.3) is 0 Å². The minimum absolute atomic E-state index is 0.0930. The summed E-state index contributed by atoms with van der Waals surface area (Å²) < 4.78 is 1.16. The Morgan fingerprint density at radius 2 is 1.58 bits per heavy atom. The van der Waals surface area contributed by atoms with Crippen LogP contribution in [0.5, 0.6) is 0 Å². The quantitative estimate of drug-likeness (QED) is 0.0997. The van der Waals surface area contributed by atoms with E-state index in [0.717, 1.165) is 36.1 Å². The predicted octanol–water partition coefficient (Wildman–Crippen LogP) is 0.811. The number of aliphatic hydroxyl groups is 5. The summed E-state index contributed by atoms with van der Waals surface area (Å²) >= 11 is 1.57. The van der Waals surface area contributed by atoms with Gasteiger partial charge in [0.2, 0.25) is 11.8 Å². The lowest BCUT2D eigenvalue weighted by Crippen LogP contribution is -2.47. The van der Waals surface area contributed by atoms with Crippen LogP contribution >= 0.6 is 11.8 Å². The van der Waals surface area contributed by atoms with Crippen molar-refractivity contribution in [3.05, 3.63) is 6.20 Å². The molecule has 13 heteroatoms. The van der Waals surface area contributed by atoms with Gasteiger partial charge in [-0.15, -0.1) is 5.10 Å². The summed E-state index contributed by atoms with van der Waals surface area (Å²) in [4.78, 5) is 25.4. The van der Waals surface area contributed by atoms with Gasteiger partial charge < -0.3 is 36.2 Å². The Hall–Kier alpha value is -1.77. The fraction of sp³-hybridized carbons (Fsp3) is 0.840. The number of carbonyl (C=O) groups is 2. The Bertz CT molecular complexity index is 785. The molecule has 1 heterocycles. The summed E-state index contributed by atoms with van der Waals surface area (Å²) in [6.45, 7) is 3.16. The molecule has 0 aliphatic rings. The Labute approximate surface area is 229 Å². The van der Waals surface area contributed by atoms with Crippen LogP contribution in [0.3, 0.4) is 0 Å². The molecule has 7 N–H and O–H groups in total. The number of aliphatic hydroxyl groups excluding tert-OH is 5. The summed E-state index contributed by atoms with van der Waals surface area (Å²) in [5.74, 6) is 0.748. The summed E-state index contributed by atoms with van der Waals surface area (Å²) in [6, 6.07) is -0.749. The maximum absolute atomic E-state index is 12.9. The van der Waals surface area contributed by atoms with Gasteiger partial charge in [0.1, 0.15) is 30.5 Å². The highest BCUT2D eigenvalue weighted by atomic mass is 32.2. The van der Waals surface area contributed by atoms with Crippen molar-refractivity contribution in [1.82, 2.24) is 20.3 Å². The summed E-state index contributed by atoms with van der Waals surface area (Å²) in [6.07, 6.45) is 5.05. The van der Waals surface area contributed by atoms with Crippen molar-refractivity contribution in [2.24, 2.45) is 0 Å². The van der Waals surface area contributed by atoms with Gasteiger partial charge >= 0.3 is 0 Å². The normalized spacial score (nSPS) is 15.4. The first-order chi connectivity index (χ1) is 18.2. The average Bonchev–Trinajstić information content (AvgIpc) is 3.34. The molecule has 220 valence electrons. The molecule has 0 radical (unpaired) electrons. The maximum atomic E-state index is 12.9. The Morgan fingerprint density at radius 3 is 2.21 bits per heavy atom. The number of anilines is 1. The van der Waals surface area contributed by atoms with Gasteiger partial charge in [-0.1, -0.05) is 64.0 Å². The summed E-state index contributed by atoms with van der Waals surface area (Å²) in [5.41, 5.74) is 0. The van der Waals surface area contributed by atoms with Crippen molar-refractivity contribution < 1.29 is 35.1 Å². The zero-order chi connectivity index (χ0) is 28.3. The number of thioether (sulfide) groups is 1. The molecular weight excluding hydrogens is 514 g/mol. The van der Waals surface area contributed by atoms with Crippen LogP contribution in [0.4, 0.5) is 5.82 Å². The molecule has 1 aromatic heterocycles.